The molecule has 0 saturated heterocycles. The predicted octanol–water partition coefficient (Wildman–Crippen LogP) is 3.03. The lowest BCUT2D eigenvalue weighted by atomic mass is 10.2. The van der Waals surface area contributed by atoms with E-state index in [1.54, 1.807) is 30.6 Å². The first-order chi connectivity index (χ1) is 10.1. The van der Waals surface area contributed by atoms with Crippen LogP contribution < -0.4 is 5.32 Å². The fourth-order valence-electron chi connectivity index (χ4n) is 2.02. The molecule has 0 radical (unpaired) electrons. The van der Waals surface area contributed by atoms with Crippen molar-refractivity contribution in [2.24, 2.45) is 0 Å². The summed E-state index contributed by atoms with van der Waals surface area (Å²) in [6, 6.07) is 9.04. The molecule has 0 fully saturated rings. The second-order valence-corrected chi connectivity index (χ2v) is 5.07. The third-order valence-electron chi connectivity index (χ3n) is 2.98. The number of fused-ring (bicyclic) bond motifs is 1. The fourth-order valence-corrected chi connectivity index (χ4v) is 2.02. The minimum absolute atomic E-state index is 0.0916. The van der Waals surface area contributed by atoms with Crippen LogP contribution in [-0.4, -0.2) is 21.9 Å². The Morgan fingerprint density at radius 1 is 1.29 bits per heavy atom. The zero-order chi connectivity index (χ0) is 14.8. The first-order valence-corrected chi connectivity index (χ1v) is 6.75. The van der Waals surface area contributed by atoms with Crippen molar-refractivity contribution in [1.29, 1.82) is 0 Å². The fraction of sp³-hybridized carbons (Fsp3) is 0.188. The van der Waals surface area contributed by atoms with Gasteiger partial charge in [0.2, 0.25) is 5.89 Å². The average Bonchev–Trinajstić information content (AvgIpc) is 2.90. The highest BCUT2D eigenvalue weighted by atomic mass is 16.3. The first kappa shape index (κ1) is 13.3. The number of hydrogen-bond acceptors (Lipinski definition) is 4. The molecule has 0 aliphatic heterocycles. The molecule has 2 heterocycles. The van der Waals surface area contributed by atoms with Crippen LogP contribution in [0.4, 0.5) is 0 Å². The lowest BCUT2D eigenvalue weighted by molar-refractivity contribution is 0.0943. The van der Waals surface area contributed by atoms with Crippen molar-refractivity contribution >= 4 is 17.0 Å². The summed E-state index contributed by atoms with van der Waals surface area (Å²) in [7, 11) is 0. The largest absolute Gasteiger partial charge is 0.436 e. The van der Waals surface area contributed by atoms with E-state index in [9.17, 15) is 4.79 Å². The van der Waals surface area contributed by atoms with Crippen LogP contribution in [0.15, 0.2) is 47.1 Å². The molecule has 3 rings (SSSR count). The van der Waals surface area contributed by atoms with Gasteiger partial charge in [0.05, 0.1) is 5.56 Å². The molecule has 0 spiro atoms. The molecule has 2 aromatic heterocycles. The maximum absolute atomic E-state index is 12.0. The molecule has 0 unspecified atom stereocenters. The van der Waals surface area contributed by atoms with E-state index in [-0.39, 0.29) is 11.9 Å². The van der Waals surface area contributed by atoms with Crippen LogP contribution in [0, 0.1) is 0 Å². The van der Waals surface area contributed by atoms with Gasteiger partial charge in [0.1, 0.15) is 5.52 Å². The Balaban J connectivity index is 1.97. The number of aromatic nitrogens is 2. The maximum atomic E-state index is 12.0. The molecule has 3 aromatic rings. The van der Waals surface area contributed by atoms with Crippen LogP contribution in [0.1, 0.15) is 24.2 Å². The SMILES string of the molecule is CC(C)NC(=O)c1ccc2nc(-c3cccnc3)oc2c1. The Hall–Kier alpha value is -2.69. The van der Waals surface area contributed by atoms with Crippen molar-refractivity contribution in [2.45, 2.75) is 19.9 Å². The standard InChI is InChI=1S/C16H15N3O2/c1-10(2)18-15(20)11-5-6-13-14(8-11)21-16(19-13)12-4-3-7-17-9-12/h3-10H,1-2H3,(H,18,20). The average molecular weight is 281 g/mol. The highest BCUT2D eigenvalue weighted by molar-refractivity contribution is 5.97. The lowest BCUT2D eigenvalue weighted by Gasteiger charge is -2.07. The number of amides is 1. The van der Waals surface area contributed by atoms with Crippen molar-refractivity contribution in [3.8, 4) is 11.5 Å². The van der Waals surface area contributed by atoms with Gasteiger partial charge in [-0.25, -0.2) is 4.98 Å². The molecule has 106 valence electrons. The normalized spacial score (nSPS) is 11.0. The summed E-state index contributed by atoms with van der Waals surface area (Å²) in [5, 5.41) is 2.85. The van der Waals surface area contributed by atoms with Crippen molar-refractivity contribution in [3.05, 3.63) is 48.3 Å². The predicted molar refractivity (Wildman–Crippen MR) is 79.8 cm³/mol. The molecule has 0 saturated carbocycles. The smallest absolute Gasteiger partial charge is 0.251 e. The Labute approximate surface area is 122 Å². The van der Waals surface area contributed by atoms with Gasteiger partial charge in [-0.05, 0) is 44.2 Å². The number of carbonyl (C=O) groups is 1. The van der Waals surface area contributed by atoms with Crippen molar-refractivity contribution < 1.29 is 9.21 Å². The van der Waals surface area contributed by atoms with Crippen LogP contribution in [0.25, 0.3) is 22.6 Å². The second kappa shape index (κ2) is 5.36. The summed E-state index contributed by atoms with van der Waals surface area (Å²) >= 11 is 0. The summed E-state index contributed by atoms with van der Waals surface area (Å²) in [6.45, 7) is 3.84. The number of carbonyl (C=O) groups excluding carboxylic acids is 1. The molecule has 0 bridgehead atoms. The van der Waals surface area contributed by atoms with Crippen molar-refractivity contribution in [2.75, 3.05) is 0 Å². The van der Waals surface area contributed by atoms with E-state index in [4.69, 9.17) is 4.42 Å². The van der Waals surface area contributed by atoms with Crippen LogP contribution in [0.5, 0.6) is 0 Å². The van der Waals surface area contributed by atoms with E-state index < -0.39 is 0 Å². The van der Waals surface area contributed by atoms with E-state index in [2.05, 4.69) is 15.3 Å². The number of oxazole rings is 1. The molecular formula is C16H15N3O2. The quantitative estimate of drug-likeness (QED) is 0.801. The zero-order valence-corrected chi connectivity index (χ0v) is 11.8. The van der Waals surface area contributed by atoms with E-state index in [0.29, 0.717) is 17.0 Å². The summed E-state index contributed by atoms with van der Waals surface area (Å²) in [5.74, 6) is 0.380. The summed E-state index contributed by atoms with van der Waals surface area (Å²) in [5.41, 5.74) is 2.67. The number of hydrogen-bond donors (Lipinski definition) is 1. The highest BCUT2D eigenvalue weighted by Gasteiger charge is 2.12. The molecular weight excluding hydrogens is 266 g/mol. The molecule has 5 nitrogen and oxygen atoms in total. The Kier molecular flexibility index (Phi) is 3.39. The minimum atomic E-state index is -0.119. The summed E-state index contributed by atoms with van der Waals surface area (Å²) in [4.78, 5) is 20.4. The third-order valence-corrected chi connectivity index (χ3v) is 2.98. The highest BCUT2D eigenvalue weighted by Crippen LogP contribution is 2.24. The van der Waals surface area contributed by atoms with Gasteiger partial charge in [-0.15, -0.1) is 0 Å². The van der Waals surface area contributed by atoms with Gasteiger partial charge in [-0.2, -0.15) is 0 Å². The van der Waals surface area contributed by atoms with E-state index in [1.165, 1.54) is 0 Å². The monoisotopic (exact) mass is 281 g/mol. The van der Waals surface area contributed by atoms with Gasteiger partial charge in [0.15, 0.2) is 5.58 Å². The third kappa shape index (κ3) is 2.76. The Morgan fingerprint density at radius 3 is 2.86 bits per heavy atom. The van der Waals surface area contributed by atoms with Gasteiger partial charge < -0.3 is 9.73 Å². The lowest BCUT2D eigenvalue weighted by Crippen LogP contribution is -2.29. The minimum Gasteiger partial charge on any atom is -0.436 e. The molecule has 21 heavy (non-hydrogen) atoms. The van der Waals surface area contributed by atoms with Crippen LogP contribution >= 0.6 is 0 Å². The Bertz CT molecular complexity index is 779. The van der Waals surface area contributed by atoms with Gasteiger partial charge in [0, 0.05) is 24.0 Å². The number of rotatable bonds is 3. The van der Waals surface area contributed by atoms with Gasteiger partial charge in [0.25, 0.3) is 5.91 Å². The maximum Gasteiger partial charge on any atom is 0.251 e. The zero-order valence-electron chi connectivity index (χ0n) is 11.8. The second-order valence-electron chi connectivity index (χ2n) is 5.07. The molecule has 0 atom stereocenters. The molecule has 1 amide bonds. The van der Waals surface area contributed by atoms with E-state index in [1.807, 2.05) is 26.0 Å². The molecule has 0 aliphatic rings. The molecule has 5 heteroatoms. The number of pyridine rings is 1. The van der Waals surface area contributed by atoms with Crippen LogP contribution in [0.2, 0.25) is 0 Å². The van der Waals surface area contributed by atoms with Gasteiger partial charge in [-0.1, -0.05) is 0 Å². The van der Waals surface area contributed by atoms with E-state index >= 15 is 0 Å². The summed E-state index contributed by atoms with van der Waals surface area (Å²) < 4.78 is 5.72. The van der Waals surface area contributed by atoms with Gasteiger partial charge >= 0.3 is 0 Å². The topological polar surface area (TPSA) is 68.0 Å². The number of nitrogens with one attached hydrogen (secondary N) is 1. The first-order valence-electron chi connectivity index (χ1n) is 6.75. The van der Waals surface area contributed by atoms with Crippen LogP contribution in [0.3, 0.4) is 0 Å². The van der Waals surface area contributed by atoms with E-state index in [0.717, 1.165) is 11.1 Å². The number of nitrogens with zero attached hydrogens (tertiary/aromatic N) is 2. The Morgan fingerprint density at radius 2 is 2.14 bits per heavy atom. The summed E-state index contributed by atoms with van der Waals surface area (Å²) in [6.07, 6.45) is 3.39. The molecule has 1 aromatic carbocycles. The van der Waals surface area contributed by atoms with Crippen molar-refractivity contribution in [3.63, 3.8) is 0 Å². The molecule has 0 aliphatic carbocycles. The van der Waals surface area contributed by atoms with Crippen LogP contribution in [-0.2, 0) is 0 Å². The number of benzene rings is 1. The van der Waals surface area contributed by atoms with Crippen molar-refractivity contribution in [1.82, 2.24) is 15.3 Å². The molecule has 1 N–H and O–H groups in total. The van der Waals surface area contributed by atoms with Gasteiger partial charge in [-0.3, -0.25) is 9.78 Å².